The summed E-state index contributed by atoms with van der Waals surface area (Å²) in [4.78, 5) is 0. The molecule has 0 aliphatic heterocycles. The summed E-state index contributed by atoms with van der Waals surface area (Å²) in [5, 5.41) is 10.6. The SMILES string of the molecule is Cc1ccc(F)c(C(C)(O)C2CCCCC2)c1F. The predicted molar refractivity (Wildman–Crippen MR) is 67.2 cm³/mol. The summed E-state index contributed by atoms with van der Waals surface area (Å²) >= 11 is 0. The van der Waals surface area contributed by atoms with Crippen LogP contribution in [0, 0.1) is 24.5 Å². The van der Waals surface area contributed by atoms with Gasteiger partial charge in [0.1, 0.15) is 11.6 Å². The number of rotatable bonds is 2. The van der Waals surface area contributed by atoms with E-state index in [-0.39, 0.29) is 11.5 Å². The van der Waals surface area contributed by atoms with Crippen LogP contribution in [-0.2, 0) is 5.60 Å². The second-order valence-electron chi connectivity index (χ2n) is 5.54. The molecule has 1 aromatic carbocycles. The maximum atomic E-state index is 14.1. The Bertz CT molecular complexity index is 434. The summed E-state index contributed by atoms with van der Waals surface area (Å²) in [6.07, 6.45) is 4.86. The zero-order valence-corrected chi connectivity index (χ0v) is 11.0. The highest BCUT2D eigenvalue weighted by Gasteiger charge is 2.38. The average molecular weight is 254 g/mol. The molecule has 1 atom stereocenters. The van der Waals surface area contributed by atoms with Crippen molar-refractivity contribution in [1.82, 2.24) is 0 Å². The van der Waals surface area contributed by atoms with Gasteiger partial charge in [0.15, 0.2) is 0 Å². The fourth-order valence-corrected chi connectivity index (χ4v) is 2.99. The van der Waals surface area contributed by atoms with Crippen molar-refractivity contribution in [2.24, 2.45) is 5.92 Å². The Kier molecular flexibility index (Phi) is 3.71. The Morgan fingerprint density at radius 1 is 1.17 bits per heavy atom. The van der Waals surface area contributed by atoms with E-state index in [1.807, 2.05) is 0 Å². The number of hydrogen-bond donors (Lipinski definition) is 1. The van der Waals surface area contributed by atoms with Gasteiger partial charge in [-0.1, -0.05) is 25.3 Å². The largest absolute Gasteiger partial charge is 0.385 e. The van der Waals surface area contributed by atoms with Gasteiger partial charge in [-0.3, -0.25) is 0 Å². The van der Waals surface area contributed by atoms with E-state index in [9.17, 15) is 13.9 Å². The topological polar surface area (TPSA) is 20.2 Å². The molecule has 0 spiro atoms. The molecule has 0 saturated heterocycles. The smallest absolute Gasteiger partial charge is 0.135 e. The number of halogens is 2. The first-order chi connectivity index (χ1) is 8.44. The van der Waals surface area contributed by atoms with E-state index < -0.39 is 17.2 Å². The minimum atomic E-state index is -1.42. The molecule has 1 unspecified atom stereocenters. The lowest BCUT2D eigenvalue weighted by atomic mass is 9.74. The molecule has 1 fully saturated rings. The number of aryl methyl sites for hydroxylation is 1. The molecule has 0 amide bonds. The fraction of sp³-hybridized carbons (Fsp3) is 0.600. The third kappa shape index (κ3) is 2.28. The van der Waals surface area contributed by atoms with Crippen molar-refractivity contribution in [2.75, 3.05) is 0 Å². The van der Waals surface area contributed by atoms with Crippen LogP contribution in [0.3, 0.4) is 0 Å². The van der Waals surface area contributed by atoms with Crippen molar-refractivity contribution >= 4 is 0 Å². The number of aliphatic hydroxyl groups is 1. The monoisotopic (exact) mass is 254 g/mol. The Hall–Kier alpha value is -0.960. The molecule has 1 aromatic rings. The van der Waals surface area contributed by atoms with E-state index in [2.05, 4.69) is 0 Å². The molecular weight excluding hydrogens is 234 g/mol. The van der Waals surface area contributed by atoms with Crippen LogP contribution in [0.15, 0.2) is 12.1 Å². The normalized spacial score (nSPS) is 20.7. The summed E-state index contributed by atoms with van der Waals surface area (Å²) in [6.45, 7) is 3.14. The van der Waals surface area contributed by atoms with Crippen LogP contribution in [0.1, 0.15) is 50.2 Å². The van der Waals surface area contributed by atoms with Crippen molar-refractivity contribution in [3.63, 3.8) is 0 Å². The highest BCUT2D eigenvalue weighted by Crippen LogP contribution is 2.41. The maximum Gasteiger partial charge on any atom is 0.135 e. The van der Waals surface area contributed by atoms with Gasteiger partial charge in [0.05, 0.1) is 11.2 Å². The maximum absolute atomic E-state index is 14.1. The highest BCUT2D eigenvalue weighted by molar-refractivity contribution is 5.31. The molecule has 1 saturated carbocycles. The van der Waals surface area contributed by atoms with Crippen molar-refractivity contribution in [2.45, 2.75) is 51.6 Å². The Morgan fingerprint density at radius 2 is 1.78 bits per heavy atom. The predicted octanol–water partition coefficient (Wildman–Crippen LogP) is 4.06. The van der Waals surface area contributed by atoms with Crippen molar-refractivity contribution < 1.29 is 13.9 Å². The van der Waals surface area contributed by atoms with Crippen LogP contribution in [0.25, 0.3) is 0 Å². The third-order valence-electron chi connectivity index (χ3n) is 4.19. The summed E-state index contributed by atoms with van der Waals surface area (Å²) in [6, 6.07) is 2.65. The van der Waals surface area contributed by atoms with Gasteiger partial charge in [-0.2, -0.15) is 0 Å². The molecule has 3 heteroatoms. The molecule has 0 aromatic heterocycles. The van der Waals surface area contributed by atoms with Gasteiger partial charge < -0.3 is 5.11 Å². The Labute approximate surface area is 107 Å². The molecular formula is C15H20F2O. The summed E-state index contributed by atoms with van der Waals surface area (Å²) < 4.78 is 28.0. The van der Waals surface area contributed by atoms with Crippen LogP contribution in [0.5, 0.6) is 0 Å². The van der Waals surface area contributed by atoms with E-state index >= 15 is 0 Å². The number of hydrogen-bond acceptors (Lipinski definition) is 1. The molecule has 0 radical (unpaired) electrons. The lowest BCUT2D eigenvalue weighted by molar-refractivity contribution is -0.0273. The molecule has 1 N–H and O–H groups in total. The van der Waals surface area contributed by atoms with E-state index in [1.165, 1.54) is 12.1 Å². The molecule has 1 aliphatic rings. The summed E-state index contributed by atoms with van der Waals surface area (Å²) in [5.41, 5.74) is -1.20. The van der Waals surface area contributed by atoms with Crippen LogP contribution in [0.2, 0.25) is 0 Å². The van der Waals surface area contributed by atoms with E-state index in [0.29, 0.717) is 5.56 Å². The first-order valence-electron chi connectivity index (χ1n) is 6.62. The Morgan fingerprint density at radius 3 is 2.39 bits per heavy atom. The molecule has 1 nitrogen and oxygen atoms in total. The molecule has 100 valence electrons. The van der Waals surface area contributed by atoms with Crippen LogP contribution >= 0.6 is 0 Å². The Balaban J connectivity index is 2.42. The van der Waals surface area contributed by atoms with Crippen LogP contribution in [0.4, 0.5) is 8.78 Å². The van der Waals surface area contributed by atoms with E-state index in [1.54, 1.807) is 13.8 Å². The quantitative estimate of drug-likeness (QED) is 0.843. The molecule has 0 heterocycles. The van der Waals surface area contributed by atoms with Gasteiger partial charge in [-0.25, -0.2) is 8.78 Å². The van der Waals surface area contributed by atoms with Crippen LogP contribution in [-0.4, -0.2) is 5.11 Å². The van der Waals surface area contributed by atoms with Gasteiger partial charge in [-0.05, 0) is 44.2 Å². The second-order valence-corrected chi connectivity index (χ2v) is 5.54. The first-order valence-corrected chi connectivity index (χ1v) is 6.62. The summed E-state index contributed by atoms with van der Waals surface area (Å²) in [5.74, 6) is -1.31. The van der Waals surface area contributed by atoms with Gasteiger partial charge in [0, 0.05) is 0 Å². The van der Waals surface area contributed by atoms with Gasteiger partial charge in [-0.15, -0.1) is 0 Å². The second kappa shape index (κ2) is 4.96. The molecule has 1 aliphatic carbocycles. The van der Waals surface area contributed by atoms with E-state index in [0.717, 1.165) is 32.1 Å². The van der Waals surface area contributed by atoms with Crippen molar-refractivity contribution in [1.29, 1.82) is 0 Å². The lowest BCUT2D eigenvalue weighted by Crippen LogP contribution is -2.35. The minimum absolute atomic E-state index is 0.0583. The van der Waals surface area contributed by atoms with Crippen molar-refractivity contribution in [3.05, 3.63) is 34.9 Å². The zero-order valence-electron chi connectivity index (χ0n) is 11.0. The molecule has 18 heavy (non-hydrogen) atoms. The van der Waals surface area contributed by atoms with E-state index in [4.69, 9.17) is 0 Å². The summed E-state index contributed by atoms with van der Waals surface area (Å²) in [7, 11) is 0. The van der Waals surface area contributed by atoms with Gasteiger partial charge in [0.25, 0.3) is 0 Å². The number of benzene rings is 1. The van der Waals surface area contributed by atoms with Gasteiger partial charge in [0.2, 0.25) is 0 Å². The molecule has 0 bridgehead atoms. The van der Waals surface area contributed by atoms with Gasteiger partial charge >= 0.3 is 0 Å². The van der Waals surface area contributed by atoms with Crippen LogP contribution < -0.4 is 0 Å². The van der Waals surface area contributed by atoms with Crippen molar-refractivity contribution in [3.8, 4) is 0 Å². The standard InChI is InChI=1S/C15H20F2O/c1-10-8-9-12(16)13(14(10)17)15(2,18)11-6-4-3-5-7-11/h8-9,11,18H,3-7H2,1-2H3. The lowest BCUT2D eigenvalue weighted by Gasteiger charge is -2.36. The zero-order chi connectivity index (χ0) is 13.3. The minimum Gasteiger partial charge on any atom is -0.385 e. The average Bonchev–Trinajstić information content (AvgIpc) is 2.35. The first kappa shape index (κ1) is 13.5. The highest BCUT2D eigenvalue weighted by atomic mass is 19.1. The molecule has 2 rings (SSSR count). The third-order valence-corrected chi connectivity index (χ3v) is 4.19. The fourth-order valence-electron chi connectivity index (χ4n) is 2.99.